The average Bonchev–Trinajstić information content (AvgIpc) is 2.93. The van der Waals surface area contributed by atoms with Gasteiger partial charge in [-0.25, -0.2) is 4.98 Å². The number of nitrogens with zero attached hydrogens (tertiary/aromatic N) is 2. The van der Waals surface area contributed by atoms with Crippen LogP contribution in [0.25, 0.3) is 21.3 Å². The maximum atomic E-state index is 12.4. The number of benzene rings is 1. The van der Waals surface area contributed by atoms with Gasteiger partial charge in [0, 0.05) is 23.1 Å². The molecule has 3 aromatic rings. The van der Waals surface area contributed by atoms with Gasteiger partial charge in [0.1, 0.15) is 4.83 Å². The van der Waals surface area contributed by atoms with Crippen molar-refractivity contribution in [2.24, 2.45) is 0 Å². The first kappa shape index (κ1) is 14.8. The fourth-order valence-corrected chi connectivity index (χ4v) is 3.85. The van der Waals surface area contributed by atoms with Gasteiger partial charge < -0.3 is 4.98 Å². The SMILES string of the molecule is Cc1ccc(-c2csc3nc(SCCC#N)[nH]c(=O)c23)cc1. The van der Waals surface area contributed by atoms with E-state index in [2.05, 4.69) is 16.0 Å². The number of nitrogens with one attached hydrogen (secondary N) is 1. The first-order chi connectivity index (χ1) is 10.7. The number of aromatic amines is 1. The fraction of sp³-hybridized carbons (Fsp3) is 0.188. The molecular formula is C16H13N3OS2. The van der Waals surface area contributed by atoms with E-state index in [4.69, 9.17) is 5.26 Å². The number of fused-ring (bicyclic) bond motifs is 1. The standard InChI is InChI=1S/C16H13N3OS2/c1-10-3-5-11(6-4-10)12-9-22-15-13(12)14(20)18-16(19-15)21-8-2-7-17/h3-6,9H,2,8H2,1H3,(H,18,19,20). The Bertz CT molecular complexity index is 904. The Morgan fingerprint density at radius 2 is 2.14 bits per heavy atom. The summed E-state index contributed by atoms with van der Waals surface area (Å²) in [6, 6.07) is 10.2. The Balaban J connectivity index is 2.03. The van der Waals surface area contributed by atoms with Crippen LogP contribution in [0.15, 0.2) is 39.6 Å². The molecule has 22 heavy (non-hydrogen) atoms. The molecule has 0 spiro atoms. The third kappa shape index (κ3) is 2.91. The van der Waals surface area contributed by atoms with E-state index in [1.54, 1.807) is 0 Å². The molecule has 0 radical (unpaired) electrons. The molecule has 0 fully saturated rings. The molecule has 0 aliphatic carbocycles. The van der Waals surface area contributed by atoms with E-state index in [0.717, 1.165) is 16.0 Å². The van der Waals surface area contributed by atoms with Crippen LogP contribution in [-0.4, -0.2) is 15.7 Å². The zero-order valence-electron chi connectivity index (χ0n) is 11.9. The van der Waals surface area contributed by atoms with Gasteiger partial charge in [-0.15, -0.1) is 11.3 Å². The molecule has 2 heterocycles. The summed E-state index contributed by atoms with van der Waals surface area (Å²) in [6.45, 7) is 2.04. The minimum Gasteiger partial charge on any atom is -0.301 e. The van der Waals surface area contributed by atoms with Crippen LogP contribution in [0.1, 0.15) is 12.0 Å². The Kier molecular flexibility index (Phi) is 4.27. The van der Waals surface area contributed by atoms with E-state index in [9.17, 15) is 4.79 Å². The lowest BCUT2D eigenvalue weighted by molar-refractivity contribution is 0.979. The molecule has 0 aliphatic rings. The largest absolute Gasteiger partial charge is 0.301 e. The second-order valence-corrected chi connectivity index (χ2v) is 6.76. The Labute approximate surface area is 135 Å². The lowest BCUT2D eigenvalue weighted by Crippen LogP contribution is -2.08. The zero-order valence-corrected chi connectivity index (χ0v) is 13.6. The molecule has 1 N–H and O–H groups in total. The van der Waals surface area contributed by atoms with Gasteiger partial charge in [-0.2, -0.15) is 5.26 Å². The fourth-order valence-electron chi connectivity index (χ4n) is 2.14. The Morgan fingerprint density at radius 3 is 2.86 bits per heavy atom. The van der Waals surface area contributed by atoms with Crippen LogP contribution in [0.5, 0.6) is 0 Å². The minimum atomic E-state index is -0.124. The normalized spacial score (nSPS) is 10.7. The lowest BCUT2D eigenvalue weighted by Gasteiger charge is -2.01. The van der Waals surface area contributed by atoms with Crippen molar-refractivity contribution in [1.82, 2.24) is 9.97 Å². The highest BCUT2D eigenvalue weighted by atomic mass is 32.2. The summed E-state index contributed by atoms with van der Waals surface area (Å²) >= 11 is 2.87. The summed E-state index contributed by atoms with van der Waals surface area (Å²) in [5, 5.41) is 11.8. The second kappa shape index (κ2) is 6.34. The van der Waals surface area contributed by atoms with E-state index in [1.165, 1.54) is 28.7 Å². The summed E-state index contributed by atoms with van der Waals surface area (Å²) in [7, 11) is 0. The monoisotopic (exact) mass is 327 g/mol. The topological polar surface area (TPSA) is 69.5 Å². The van der Waals surface area contributed by atoms with Crippen molar-refractivity contribution in [3.05, 3.63) is 45.6 Å². The van der Waals surface area contributed by atoms with Crippen LogP contribution < -0.4 is 5.56 Å². The number of aromatic nitrogens is 2. The van der Waals surface area contributed by atoms with Crippen molar-refractivity contribution < 1.29 is 0 Å². The van der Waals surface area contributed by atoms with E-state index in [-0.39, 0.29) is 5.56 Å². The van der Waals surface area contributed by atoms with Gasteiger partial charge in [-0.3, -0.25) is 4.79 Å². The van der Waals surface area contributed by atoms with E-state index in [0.29, 0.717) is 22.7 Å². The third-order valence-electron chi connectivity index (χ3n) is 3.24. The van der Waals surface area contributed by atoms with Gasteiger partial charge in [0.25, 0.3) is 5.56 Å². The average molecular weight is 327 g/mol. The molecule has 0 saturated heterocycles. The van der Waals surface area contributed by atoms with E-state index in [1.807, 2.05) is 36.6 Å². The molecule has 0 aliphatic heterocycles. The number of nitriles is 1. The highest BCUT2D eigenvalue weighted by Gasteiger charge is 2.13. The molecular weight excluding hydrogens is 314 g/mol. The maximum absolute atomic E-state index is 12.4. The molecule has 0 amide bonds. The van der Waals surface area contributed by atoms with Gasteiger partial charge >= 0.3 is 0 Å². The molecule has 6 heteroatoms. The van der Waals surface area contributed by atoms with Crippen LogP contribution in [0, 0.1) is 18.3 Å². The Morgan fingerprint density at radius 1 is 1.36 bits per heavy atom. The van der Waals surface area contributed by atoms with Crippen LogP contribution in [0.2, 0.25) is 0 Å². The number of hydrogen-bond donors (Lipinski definition) is 1. The predicted molar refractivity (Wildman–Crippen MR) is 91.4 cm³/mol. The summed E-state index contributed by atoms with van der Waals surface area (Å²) in [4.78, 5) is 20.4. The van der Waals surface area contributed by atoms with Gasteiger partial charge in [0.05, 0.1) is 11.5 Å². The van der Waals surface area contributed by atoms with Crippen LogP contribution >= 0.6 is 23.1 Å². The number of thioether (sulfide) groups is 1. The molecule has 110 valence electrons. The van der Waals surface area contributed by atoms with Crippen molar-refractivity contribution in [3.63, 3.8) is 0 Å². The van der Waals surface area contributed by atoms with Gasteiger partial charge in [-0.05, 0) is 12.5 Å². The van der Waals surface area contributed by atoms with Gasteiger partial charge in [-0.1, -0.05) is 41.6 Å². The highest BCUT2D eigenvalue weighted by molar-refractivity contribution is 7.99. The van der Waals surface area contributed by atoms with E-state index < -0.39 is 0 Å². The molecule has 0 unspecified atom stereocenters. The first-order valence-electron chi connectivity index (χ1n) is 6.77. The van der Waals surface area contributed by atoms with Gasteiger partial charge in [0.2, 0.25) is 0 Å². The number of thiophene rings is 1. The third-order valence-corrected chi connectivity index (χ3v) is 4.98. The molecule has 4 nitrogen and oxygen atoms in total. The molecule has 0 atom stereocenters. The predicted octanol–water partition coefficient (Wildman–Crippen LogP) is 3.97. The van der Waals surface area contributed by atoms with Crippen molar-refractivity contribution >= 4 is 33.3 Å². The molecule has 0 saturated carbocycles. The van der Waals surface area contributed by atoms with Crippen LogP contribution in [0.4, 0.5) is 0 Å². The van der Waals surface area contributed by atoms with Crippen molar-refractivity contribution in [1.29, 1.82) is 5.26 Å². The number of rotatable bonds is 4. The van der Waals surface area contributed by atoms with Crippen molar-refractivity contribution in [2.75, 3.05) is 5.75 Å². The van der Waals surface area contributed by atoms with Crippen molar-refractivity contribution in [2.45, 2.75) is 18.5 Å². The lowest BCUT2D eigenvalue weighted by atomic mass is 10.1. The summed E-state index contributed by atoms with van der Waals surface area (Å²) in [6.07, 6.45) is 0.436. The van der Waals surface area contributed by atoms with Crippen LogP contribution in [-0.2, 0) is 0 Å². The number of hydrogen-bond acceptors (Lipinski definition) is 5. The molecule has 0 bridgehead atoms. The van der Waals surface area contributed by atoms with E-state index >= 15 is 0 Å². The van der Waals surface area contributed by atoms with Gasteiger partial charge in [0.15, 0.2) is 5.16 Å². The van der Waals surface area contributed by atoms with Crippen molar-refractivity contribution in [3.8, 4) is 17.2 Å². The quantitative estimate of drug-likeness (QED) is 0.447. The molecule has 3 rings (SSSR count). The maximum Gasteiger partial charge on any atom is 0.260 e. The minimum absolute atomic E-state index is 0.124. The summed E-state index contributed by atoms with van der Waals surface area (Å²) < 4.78 is 0. The smallest absolute Gasteiger partial charge is 0.260 e. The number of aryl methyl sites for hydroxylation is 1. The zero-order chi connectivity index (χ0) is 15.5. The summed E-state index contributed by atoms with van der Waals surface area (Å²) in [5.41, 5.74) is 3.00. The van der Waals surface area contributed by atoms with Crippen LogP contribution in [0.3, 0.4) is 0 Å². The molecule has 1 aromatic carbocycles. The first-order valence-corrected chi connectivity index (χ1v) is 8.64. The molecule has 2 aromatic heterocycles. The highest BCUT2D eigenvalue weighted by Crippen LogP contribution is 2.31. The Hall–Kier alpha value is -2.10. The number of H-pyrrole nitrogens is 1. The second-order valence-electron chi connectivity index (χ2n) is 4.82. The summed E-state index contributed by atoms with van der Waals surface area (Å²) in [5.74, 6) is 0.626.